The molecule has 24 heteroatoms. The number of halogens is 2. The average molecular weight is 1180 g/mol. The highest BCUT2D eigenvalue weighted by Crippen LogP contribution is 2.59. The van der Waals surface area contributed by atoms with Crippen LogP contribution in [-0.4, -0.2) is 105 Å². The Bertz CT molecular complexity index is 3350. The molecule has 0 radical (unpaired) electrons. The van der Waals surface area contributed by atoms with Gasteiger partial charge in [-0.05, 0) is 103 Å². The van der Waals surface area contributed by atoms with Crippen molar-refractivity contribution in [2.45, 2.75) is 164 Å². The van der Waals surface area contributed by atoms with Gasteiger partial charge in [-0.25, -0.2) is 0 Å². The first kappa shape index (κ1) is 60.2. The summed E-state index contributed by atoms with van der Waals surface area (Å²) in [5.74, 6) is 1.66. The number of unbranched alkanes of at least 4 members (excludes halogenated alkanes) is 5. The summed E-state index contributed by atoms with van der Waals surface area (Å²) in [4.78, 5) is 142. The maximum absolute atomic E-state index is 14.6. The molecule has 1 saturated carbocycles. The van der Waals surface area contributed by atoms with E-state index in [9.17, 15) is 66.3 Å². The molecule has 4 aliphatic heterocycles. The molecule has 1 aliphatic carbocycles. The number of carbonyl (C=O) groups excluding carboxylic acids is 9. The average Bonchev–Trinajstić information content (AvgIpc) is 4.27. The fourth-order valence-corrected chi connectivity index (χ4v) is 13.3. The van der Waals surface area contributed by atoms with E-state index in [1.165, 1.54) is 21.9 Å². The number of fused-ring (bicyclic) bond motifs is 2. The number of hydrogen-bond donors (Lipinski definition) is 8. The van der Waals surface area contributed by atoms with E-state index < -0.39 is 84.5 Å². The van der Waals surface area contributed by atoms with Crippen molar-refractivity contribution in [1.29, 1.82) is 0 Å². The molecular weight excluding hydrogens is 1110 g/mol. The van der Waals surface area contributed by atoms with Gasteiger partial charge >= 0.3 is 13.3 Å². The number of benzene rings is 3. The van der Waals surface area contributed by atoms with Gasteiger partial charge in [0.2, 0.25) is 41.4 Å². The summed E-state index contributed by atoms with van der Waals surface area (Å²) in [6.45, 7) is 0.603. The van der Waals surface area contributed by atoms with E-state index in [2.05, 4.69) is 38.4 Å². The zero-order chi connectivity index (χ0) is 59.2. The van der Waals surface area contributed by atoms with Gasteiger partial charge < -0.3 is 41.7 Å². The van der Waals surface area contributed by atoms with Crippen LogP contribution in [-0.2, 0) is 63.2 Å². The van der Waals surface area contributed by atoms with E-state index in [0.29, 0.717) is 53.7 Å². The Labute approximate surface area is 482 Å². The number of nitrogens with zero attached hydrogens (tertiary/aromatic N) is 2. The van der Waals surface area contributed by atoms with Gasteiger partial charge in [0.05, 0.1) is 10.6 Å². The molecule has 4 aromatic rings. The van der Waals surface area contributed by atoms with Gasteiger partial charge in [0.15, 0.2) is 0 Å². The monoisotopic (exact) mass is 1180 g/mol. The molecular formula is C59H67F2N8O12PS. The van der Waals surface area contributed by atoms with Crippen LogP contribution in [0.25, 0.3) is 10.1 Å². The Morgan fingerprint density at radius 2 is 1.60 bits per heavy atom. The number of aryl methyl sites for hydroxylation is 1. The highest BCUT2D eigenvalue weighted by molar-refractivity contribution is 7.52. The van der Waals surface area contributed by atoms with Crippen LogP contribution >= 0.6 is 18.9 Å². The first-order chi connectivity index (χ1) is 39.7. The van der Waals surface area contributed by atoms with Crippen molar-refractivity contribution in [3.63, 3.8) is 0 Å². The maximum Gasteiger partial charge on any atom is 0.399 e. The second kappa shape index (κ2) is 26.0. The third-order valence-electron chi connectivity index (χ3n) is 16.3. The Kier molecular flexibility index (Phi) is 18.9. The van der Waals surface area contributed by atoms with Crippen molar-refractivity contribution in [3.05, 3.63) is 98.9 Å². The minimum Gasteiger partial charge on any atom is -0.370 e. The van der Waals surface area contributed by atoms with Gasteiger partial charge in [0.1, 0.15) is 30.2 Å². The molecule has 3 aromatic carbocycles. The smallest absolute Gasteiger partial charge is 0.370 e. The normalized spacial score (nSPS) is 19.6. The largest absolute Gasteiger partial charge is 0.399 e. The SMILES string of the molecule is NC(=O)CC[C@H](NC(=O)[C@@H]1Cc2cccc3c2N1C(=O)[C@@H](NC(=O)c1cc2cc(C(F)(F)P(=O)(O)O)ccc2s1)CC3)C(=O)N[C@@H](CC1CCCCC1)C(=O)NCCCCCCCC#Cc1cccc2c1CN(C1CCC(=O)NC1=O)C2=O. The molecule has 440 valence electrons. The Balaban J connectivity index is 0.791. The summed E-state index contributed by atoms with van der Waals surface area (Å²) in [7, 11) is -5.86. The number of thiophene rings is 1. The fourth-order valence-electron chi connectivity index (χ4n) is 11.9. The van der Waals surface area contributed by atoms with Gasteiger partial charge in [-0.15, -0.1) is 11.3 Å². The van der Waals surface area contributed by atoms with Crippen molar-refractivity contribution in [2.24, 2.45) is 11.7 Å². The number of amides is 9. The number of rotatable bonds is 22. The zero-order valence-electron chi connectivity index (χ0n) is 45.6. The summed E-state index contributed by atoms with van der Waals surface area (Å²) < 4.78 is 41.1. The van der Waals surface area contributed by atoms with Gasteiger partial charge in [-0.1, -0.05) is 93.5 Å². The molecule has 1 aromatic heterocycles. The summed E-state index contributed by atoms with van der Waals surface area (Å²) >= 11 is 0.924. The number of hydrogen-bond acceptors (Lipinski definition) is 11. The lowest BCUT2D eigenvalue weighted by Gasteiger charge is -2.30. The van der Waals surface area contributed by atoms with Crippen molar-refractivity contribution < 1.29 is 66.3 Å². The van der Waals surface area contributed by atoms with E-state index in [1.54, 1.807) is 24.3 Å². The van der Waals surface area contributed by atoms with E-state index in [1.807, 2.05) is 12.1 Å². The van der Waals surface area contributed by atoms with Crippen LogP contribution in [0, 0.1) is 17.8 Å². The zero-order valence-corrected chi connectivity index (χ0v) is 47.4. The molecule has 5 atom stereocenters. The first-order valence-corrected chi connectivity index (χ1v) is 30.8. The second-order valence-corrected chi connectivity index (χ2v) is 24.8. The topological polar surface area (TPSA) is 304 Å². The lowest BCUT2D eigenvalue weighted by atomic mass is 9.84. The number of nitrogens with one attached hydrogen (secondary N) is 5. The van der Waals surface area contributed by atoms with Crippen LogP contribution in [0.15, 0.2) is 60.7 Å². The van der Waals surface area contributed by atoms with Crippen LogP contribution in [0.2, 0.25) is 0 Å². The standard InChI is InChI=1S/C59H67F2N8O12PS/c60-59(61,82(79,80)81)39-21-25-47-38(30-39)32-48(83-47)56(76)65-43-22-20-36-17-11-18-37-31-46(69(51(36)37)58(43)78)55(75)64-42(23-26-49(62)70)53(73)66-44(29-34-13-7-6-8-14-34)52(72)63-28-10-5-3-1-2-4-9-15-35-16-12-19-40-41(35)33-68(57(40)77)45-24-27-50(71)67-54(45)74/h11-12,16-19,21,25,30,32,34,42-46H,1-8,10,13-14,20,22-24,26-29,31,33H2,(H2,62,70)(H,63,72)(H,64,75)(H,65,76)(H,66,73)(H,67,71,74)(H2,79,80,81)/t42-,43-,44-,45?,46-/m0/s1. The number of piperidine rings is 1. The molecule has 0 bridgehead atoms. The number of imide groups is 1. The second-order valence-electron chi connectivity index (χ2n) is 22.1. The Hall–Kier alpha value is -7.38. The van der Waals surface area contributed by atoms with Crippen LogP contribution in [0.4, 0.5) is 14.5 Å². The summed E-state index contributed by atoms with van der Waals surface area (Å²) in [5.41, 5.74) is 4.08. The molecule has 5 aliphatic rings. The van der Waals surface area contributed by atoms with E-state index >= 15 is 0 Å². The molecule has 9 rings (SSSR count). The molecule has 5 heterocycles. The van der Waals surface area contributed by atoms with Crippen molar-refractivity contribution in [1.82, 2.24) is 31.5 Å². The minimum atomic E-state index is -5.86. The van der Waals surface area contributed by atoms with Crippen molar-refractivity contribution in [3.8, 4) is 11.8 Å². The molecule has 1 saturated heterocycles. The van der Waals surface area contributed by atoms with E-state index in [-0.39, 0.29) is 79.0 Å². The van der Waals surface area contributed by atoms with E-state index in [0.717, 1.165) is 97.9 Å². The summed E-state index contributed by atoms with van der Waals surface area (Å²) in [6.07, 6.45) is 10.4. The molecule has 20 nitrogen and oxygen atoms in total. The molecule has 9 amide bonds. The predicted molar refractivity (Wildman–Crippen MR) is 302 cm³/mol. The number of para-hydroxylation sites is 1. The van der Waals surface area contributed by atoms with Crippen LogP contribution < -0.4 is 37.2 Å². The highest BCUT2D eigenvalue weighted by atomic mass is 32.1. The maximum atomic E-state index is 14.6. The molecule has 0 spiro atoms. The fraction of sp³-hybridized carbons (Fsp3) is 0.475. The number of nitrogens with two attached hydrogens (primary N) is 1. The summed E-state index contributed by atoms with van der Waals surface area (Å²) in [5, 5.41) is 13.9. The Morgan fingerprint density at radius 3 is 2.36 bits per heavy atom. The number of alkyl halides is 2. The third-order valence-corrected chi connectivity index (χ3v) is 18.4. The molecule has 2 fully saturated rings. The molecule has 9 N–H and O–H groups in total. The van der Waals surface area contributed by atoms with Crippen molar-refractivity contribution >= 4 is 87.9 Å². The number of primary amides is 1. The van der Waals surface area contributed by atoms with Crippen LogP contribution in [0.3, 0.4) is 0 Å². The number of carbonyl (C=O) groups is 9. The van der Waals surface area contributed by atoms with Crippen molar-refractivity contribution in [2.75, 3.05) is 11.4 Å². The van der Waals surface area contributed by atoms with Gasteiger partial charge in [0.25, 0.3) is 11.8 Å². The minimum absolute atomic E-state index is 0.0336. The number of anilines is 1. The molecule has 83 heavy (non-hydrogen) atoms. The van der Waals surface area contributed by atoms with Crippen LogP contribution in [0.5, 0.6) is 0 Å². The highest BCUT2D eigenvalue weighted by Gasteiger charge is 2.51. The van der Waals surface area contributed by atoms with Crippen LogP contribution in [0.1, 0.15) is 157 Å². The first-order valence-electron chi connectivity index (χ1n) is 28.3. The predicted octanol–water partition coefficient (Wildman–Crippen LogP) is 5.61. The van der Waals surface area contributed by atoms with Gasteiger partial charge in [-0.2, -0.15) is 8.78 Å². The van der Waals surface area contributed by atoms with Gasteiger partial charge in [0, 0.05) is 60.2 Å². The lowest BCUT2D eigenvalue weighted by molar-refractivity contribution is -0.137. The quantitative estimate of drug-likeness (QED) is 0.0206. The Morgan fingerprint density at radius 1 is 0.855 bits per heavy atom. The van der Waals surface area contributed by atoms with Gasteiger partial charge in [-0.3, -0.25) is 57.9 Å². The third kappa shape index (κ3) is 13.8. The van der Waals surface area contributed by atoms with E-state index in [4.69, 9.17) is 5.73 Å². The lowest BCUT2D eigenvalue weighted by Crippen LogP contribution is -2.58. The summed E-state index contributed by atoms with van der Waals surface area (Å²) in [6, 6.07) is 9.65. The molecule has 1 unspecified atom stereocenters.